The van der Waals surface area contributed by atoms with Crippen molar-refractivity contribution in [1.29, 1.82) is 0 Å². The van der Waals surface area contributed by atoms with Crippen molar-refractivity contribution in [2.75, 3.05) is 13.2 Å². The first-order valence-corrected chi connectivity index (χ1v) is 7.72. The van der Waals surface area contributed by atoms with Gasteiger partial charge in [-0.05, 0) is 26.7 Å². The molecule has 126 valence electrons. The molecule has 0 radical (unpaired) electrons. The summed E-state index contributed by atoms with van der Waals surface area (Å²) < 4.78 is 15.1. The van der Waals surface area contributed by atoms with Crippen LogP contribution in [-0.4, -0.2) is 36.9 Å². The Morgan fingerprint density at radius 2 is 1.65 bits per heavy atom. The molecule has 2 aliphatic rings. The summed E-state index contributed by atoms with van der Waals surface area (Å²) >= 11 is 0. The molecule has 0 aliphatic heterocycles. The second kappa shape index (κ2) is 6.93. The first kappa shape index (κ1) is 17.2. The number of esters is 3. The first-order chi connectivity index (χ1) is 10.9. The Labute approximate surface area is 133 Å². The fraction of sp³-hybridized carbons (Fsp3) is 0.625. The van der Waals surface area contributed by atoms with Gasteiger partial charge in [-0.1, -0.05) is 0 Å². The molecule has 0 aromatic heterocycles. The van der Waals surface area contributed by atoms with Gasteiger partial charge in [0.15, 0.2) is 11.2 Å². The van der Waals surface area contributed by atoms with Crippen LogP contribution in [0.25, 0.3) is 0 Å². The van der Waals surface area contributed by atoms with Crippen molar-refractivity contribution in [3.05, 3.63) is 11.8 Å². The minimum atomic E-state index is -1.78. The second-order valence-corrected chi connectivity index (χ2v) is 5.65. The van der Waals surface area contributed by atoms with Gasteiger partial charge in [0.1, 0.15) is 5.76 Å². The molecule has 7 heteroatoms. The summed E-state index contributed by atoms with van der Waals surface area (Å²) in [5, 5.41) is 0. The van der Waals surface area contributed by atoms with Crippen LogP contribution < -0.4 is 0 Å². The molecule has 1 fully saturated rings. The number of ketones is 1. The molecule has 0 amide bonds. The van der Waals surface area contributed by atoms with Gasteiger partial charge in [-0.2, -0.15) is 0 Å². The van der Waals surface area contributed by atoms with Crippen LogP contribution in [0.4, 0.5) is 0 Å². The third kappa shape index (κ3) is 3.78. The molecule has 0 N–H and O–H groups in total. The number of hydrogen-bond acceptors (Lipinski definition) is 7. The van der Waals surface area contributed by atoms with Crippen molar-refractivity contribution in [1.82, 2.24) is 0 Å². The highest BCUT2D eigenvalue weighted by Gasteiger charge is 2.53. The third-order valence-corrected chi connectivity index (χ3v) is 3.75. The highest BCUT2D eigenvalue weighted by Crippen LogP contribution is 2.39. The monoisotopic (exact) mass is 324 g/mol. The zero-order valence-electron chi connectivity index (χ0n) is 13.3. The highest BCUT2D eigenvalue weighted by molar-refractivity contribution is 6.07. The van der Waals surface area contributed by atoms with Crippen LogP contribution in [0, 0.1) is 11.3 Å². The number of ether oxygens (including phenoxy) is 3. The molecule has 0 heterocycles. The fourth-order valence-corrected chi connectivity index (χ4v) is 2.45. The van der Waals surface area contributed by atoms with E-state index in [1.807, 2.05) is 0 Å². The number of allylic oxidation sites excluding steroid dienone is 2. The van der Waals surface area contributed by atoms with Gasteiger partial charge < -0.3 is 14.2 Å². The number of rotatable bonds is 6. The topological polar surface area (TPSA) is 96.0 Å². The van der Waals surface area contributed by atoms with Crippen molar-refractivity contribution >= 4 is 23.7 Å². The van der Waals surface area contributed by atoms with Gasteiger partial charge in [0.25, 0.3) is 0 Å². The summed E-state index contributed by atoms with van der Waals surface area (Å²) in [6.07, 6.45) is 2.10. The van der Waals surface area contributed by atoms with Crippen molar-refractivity contribution in [3.8, 4) is 0 Å². The van der Waals surface area contributed by atoms with E-state index < -0.39 is 29.1 Å². The Morgan fingerprint density at radius 3 is 2.13 bits per heavy atom. The van der Waals surface area contributed by atoms with E-state index in [-0.39, 0.29) is 37.7 Å². The standard InChI is InChI=1S/C16H20O7/c1-3-21-14(19)16(15(20)22-4-2)8-11(17)7-12(9-16)23-13(18)10-5-6-10/h7,10H,3-6,8-9H2,1-2H3. The maximum Gasteiger partial charge on any atom is 0.324 e. The van der Waals surface area contributed by atoms with E-state index in [0.717, 1.165) is 18.9 Å². The van der Waals surface area contributed by atoms with Crippen molar-refractivity contribution in [2.45, 2.75) is 39.5 Å². The van der Waals surface area contributed by atoms with E-state index in [1.54, 1.807) is 13.8 Å². The van der Waals surface area contributed by atoms with Crippen LogP contribution >= 0.6 is 0 Å². The van der Waals surface area contributed by atoms with E-state index in [2.05, 4.69) is 0 Å². The average molecular weight is 324 g/mol. The lowest BCUT2D eigenvalue weighted by Crippen LogP contribution is -2.46. The molecular weight excluding hydrogens is 304 g/mol. The van der Waals surface area contributed by atoms with Crippen LogP contribution in [0.15, 0.2) is 11.8 Å². The lowest BCUT2D eigenvalue weighted by Gasteiger charge is -2.31. The molecule has 0 spiro atoms. The number of carbonyl (C=O) groups excluding carboxylic acids is 4. The van der Waals surface area contributed by atoms with Crippen molar-refractivity contribution in [2.24, 2.45) is 11.3 Å². The Morgan fingerprint density at radius 1 is 1.09 bits per heavy atom. The summed E-state index contributed by atoms with van der Waals surface area (Å²) in [4.78, 5) is 48.4. The third-order valence-electron chi connectivity index (χ3n) is 3.75. The van der Waals surface area contributed by atoms with Crippen LogP contribution in [0.3, 0.4) is 0 Å². The smallest absolute Gasteiger partial charge is 0.324 e. The minimum absolute atomic E-state index is 0.0132. The van der Waals surface area contributed by atoms with Crippen LogP contribution in [-0.2, 0) is 33.4 Å². The normalized spacial score (nSPS) is 19.6. The predicted octanol–water partition coefficient (Wildman–Crippen LogP) is 1.30. The van der Waals surface area contributed by atoms with E-state index in [1.165, 1.54) is 0 Å². The molecule has 0 bridgehead atoms. The van der Waals surface area contributed by atoms with Crippen LogP contribution in [0.5, 0.6) is 0 Å². The first-order valence-electron chi connectivity index (χ1n) is 7.72. The van der Waals surface area contributed by atoms with Gasteiger partial charge in [-0.3, -0.25) is 19.2 Å². The molecule has 0 saturated heterocycles. The van der Waals surface area contributed by atoms with Crippen molar-refractivity contribution < 1.29 is 33.4 Å². The molecule has 1 saturated carbocycles. The summed E-state index contributed by atoms with van der Waals surface area (Å²) in [5.41, 5.74) is -1.78. The molecule has 0 unspecified atom stereocenters. The number of carbonyl (C=O) groups is 4. The highest BCUT2D eigenvalue weighted by atomic mass is 16.6. The average Bonchev–Trinajstić information content (AvgIpc) is 3.31. The molecule has 0 atom stereocenters. The minimum Gasteiger partial charge on any atom is -0.465 e. The molecule has 0 aromatic rings. The van der Waals surface area contributed by atoms with Crippen molar-refractivity contribution in [3.63, 3.8) is 0 Å². The molecule has 2 rings (SSSR count). The number of hydrogen-bond donors (Lipinski definition) is 0. The van der Waals surface area contributed by atoms with E-state index in [4.69, 9.17) is 14.2 Å². The fourth-order valence-electron chi connectivity index (χ4n) is 2.45. The lowest BCUT2D eigenvalue weighted by molar-refractivity contribution is -0.175. The van der Waals surface area contributed by atoms with E-state index in [0.29, 0.717) is 0 Å². The van der Waals surface area contributed by atoms with Gasteiger partial charge in [0, 0.05) is 18.9 Å². The largest absolute Gasteiger partial charge is 0.465 e. The molecule has 0 aromatic carbocycles. The Kier molecular flexibility index (Phi) is 5.18. The summed E-state index contributed by atoms with van der Waals surface area (Å²) in [7, 11) is 0. The van der Waals surface area contributed by atoms with E-state index >= 15 is 0 Å². The van der Waals surface area contributed by atoms with Gasteiger partial charge in [-0.25, -0.2) is 0 Å². The second-order valence-electron chi connectivity index (χ2n) is 5.65. The summed E-state index contributed by atoms with van der Waals surface area (Å²) in [6, 6.07) is 0. The predicted molar refractivity (Wildman–Crippen MR) is 76.8 cm³/mol. The lowest BCUT2D eigenvalue weighted by atomic mass is 9.75. The quantitative estimate of drug-likeness (QED) is 0.413. The summed E-state index contributed by atoms with van der Waals surface area (Å²) in [6.45, 7) is 3.33. The van der Waals surface area contributed by atoms with Crippen LogP contribution in [0.2, 0.25) is 0 Å². The molecule has 2 aliphatic carbocycles. The SMILES string of the molecule is CCOC(=O)C1(C(=O)OCC)CC(=O)C=C(OC(=O)C2CC2)C1. The Balaban J connectivity index is 2.25. The molecule has 7 nitrogen and oxygen atoms in total. The van der Waals surface area contributed by atoms with E-state index in [9.17, 15) is 19.2 Å². The van der Waals surface area contributed by atoms with Gasteiger partial charge in [0.2, 0.25) is 0 Å². The zero-order valence-corrected chi connectivity index (χ0v) is 13.3. The van der Waals surface area contributed by atoms with Gasteiger partial charge >= 0.3 is 17.9 Å². The van der Waals surface area contributed by atoms with Crippen LogP contribution in [0.1, 0.15) is 39.5 Å². The van der Waals surface area contributed by atoms with Gasteiger partial charge in [0.05, 0.1) is 19.1 Å². The molecular formula is C16H20O7. The summed E-state index contributed by atoms with van der Waals surface area (Å²) in [5.74, 6) is -2.73. The maximum atomic E-state index is 12.3. The molecule has 23 heavy (non-hydrogen) atoms. The Hall–Kier alpha value is -2.18. The zero-order chi connectivity index (χ0) is 17.0. The maximum absolute atomic E-state index is 12.3. The van der Waals surface area contributed by atoms with Gasteiger partial charge in [-0.15, -0.1) is 0 Å². The Bertz CT molecular complexity index is 539.